The van der Waals surface area contributed by atoms with Crippen molar-refractivity contribution in [2.75, 3.05) is 18.4 Å². The number of aromatic nitrogens is 2. The second-order valence-electron chi connectivity index (χ2n) is 5.81. The van der Waals surface area contributed by atoms with Crippen LogP contribution in [0, 0.1) is 0 Å². The molecule has 0 aliphatic rings. The van der Waals surface area contributed by atoms with E-state index in [1.807, 2.05) is 68.4 Å². The Balaban J connectivity index is 1.68. The number of hydrogen-bond acceptors (Lipinski definition) is 5. The van der Waals surface area contributed by atoms with Gasteiger partial charge in [0.2, 0.25) is 5.95 Å². The number of rotatable bonds is 7. The molecule has 3 rings (SSSR count). The number of amides is 1. The van der Waals surface area contributed by atoms with Crippen LogP contribution in [0.2, 0.25) is 0 Å². The number of anilines is 2. The molecule has 6 heteroatoms. The Labute approximate surface area is 158 Å². The third-order valence-corrected chi connectivity index (χ3v) is 4.01. The second-order valence-corrected chi connectivity index (χ2v) is 5.81. The van der Waals surface area contributed by atoms with Crippen LogP contribution >= 0.6 is 0 Å². The van der Waals surface area contributed by atoms with Gasteiger partial charge in [-0.25, -0.2) is 9.97 Å². The molecule has 0 aliphatic carbocycles. The van der Waals surface area contributed by atoms with Crippen LogP contribution in [0.4, 0.5) is 11.6 Å². The minimum atomic E-state index is -0.0999. The zero-order valence-electron chi connectivity index (χ0n) is 15.4. The van der Waals surface area contributed by atoms with Crippen LogP contribution in [0.3, 0.4) is 0 Å². The number of carbonyl (C=O) groups is 1. The highest BCUT2D eigenvalue weighted by atomic mass is 16.5. The van der Waals surface area contributed by atoms with Crippen molar-refractivity contribution in [1.29, 1.82) is 0 Å². The fraction of sp³-hybridized carbons (Fsp3) is 0.190. The monoisotopic (exact) mass is 362 g/mol. The molecule has 6 nitrogen and oxygen atoms in total. The van der Waals surface area contributed by atoms with Gasteiger partial charge < -0.3 is 15.0 Å². The number of nitrogens with zero attached hydrogens (tertiary/aromatic N) is 3. The van der Waals surface area contributed by atoms with Gasteiger partial charge in [0, 0.05) is 25.0 Å². The molecule has 1 N–H and O–H groups in total. The SMILES string of the molecule is CCN(CC)C(=O)c1ccnc(Nc2ccc(Oc3ccccc3)cc2)n1. The van der Waals surface area contributed by atoms with Crippen molar-refractivity contribution in [3.63, 3.8) is 0 Å². The number of carbonyl (C=O) groups excluding carboxylic acids is 1. The van der Waals surface area contributed by atoms with Crippen molar-refractivity contribution >= 4 is 17.5 Å². The summed E-state index contributed by atoms with van der Waals surface area (Å²) in [5.41, 5.74) is 1.18. The third-order valence-electron chi connectivity index (χ3n) is 4.01. The number of nitrogens with one attached hydrogen (secondary N) is 1. The predicted octanol–water partition coefficient (Wildman–Crippen LogP) is 4.49. The van der Waals surface area contributed by atoms with E-state index >= 15 is 0 Å². The van der Waals surface area contributed by atoms with Crippen LogP contribution in [0.5, 0.6) is 11.5 Å². The lowest BCUT2D eigenvalue weighted by atomic mass is 10.3. The molecule has 1 heterocycles. The standard InChI is InChI=1S/C21H22N4O2/c1-3-25(4-2)20(26)19-14-15-22-21(24-19)23-16-10-12-18(13-11-16)27-17-8-6-5-7-9-17/h5-15H,3-4H2,1-2H3,(H,22,23,24). The maximum Gasteiger partial charge on any atom is 0.272 e. The van der Waals surface area contributed by atoms with Gasteiger partial charge >= 0.3 is 0 Å². The maximum atomic E-state index is 12.4. The van der Waals surface area contributed by atoms with Gasteiger partial charge in [0.15, 0.2) is 0 Å². The number of benzene rings is 2. The molecule has 0 radical (unpaired) electrons. The van der Waals surface area contributed by atoms with Gasteiger partial charge in [0.1, 0.15) is 17.2 Å². The van der Waals surface area contributed by atoms with Crippen molar-refractivity contribution in [2.24, 2.45) is 0 Å². The van der Waals surface area contributed by atoms with Crippen LogP contribution in [0.25, 0.3) is 0 Å². The molecule has 138 valence electrons. The first-order valence-electron chi connectivity index (χ1n) is 8.92. The largest absolute Gasteiger partial charge is 0.457 e. The molecule has 0 fully saturated rings. The molecule has 3 aromatic rings. The fourth-order valence-electron chi connectivity index (χ4n) is 2.57. The number of hydrogen-bond donors (Lipinski definition) is 1. The van der Waals surface area contributed by atoms with Crippen LogP contribution in [-0.4, -0.2) is 33.9 Å². The van der Waals surface area contributed by atoms with E-state index < -0.39 is 0 Å². The first-order valence-corrected chi connectivity index (χ1v) is 8.92. The lowest BCUT2D eigenvalue weighted by Gasteiger charge is -2.18. The van der Waals surface area contributed by atoms with Gasteiger partial charge in [-0.2, -0.15) is 0 Å². The molecule has 0 saturated carbocycles. The Morgan fingerprint density at radius 3 is 2.30 bits per heavy atom. The summed E-state index contributed by atoms with van der Waals surface area (Å²) < 4.78 is 5.78. The van der Waals surface area contributed by atoms with E-state index in [4.69, 9.17) is 4.74 Å². The molecule has 2 aromatic carbocycles. The highest BCUT2D eigenvalue weighted by Gasteiger charge is 2.14. The Morgan fingerprint density at radius 1 is 0.963 bits per heavy atom. The number of ether oxygens (including phenoxy) is 1. The highest BCUT2D eigenvalue weighted by Crippen LogP contribution is 2.23. The van der Waals surface area contributed by atoms with E-state index in [9.17, 15) is 4.79 Å². The van der Waals surface area contributed by atoms with Crippen molar-refractivity contribution < 1.29 is 9.53 Å². The van der Waals surface area contributed by atoms with Gasteiger partial charge in [-0.3, -0.25) is 4.79 Å². The summed E-state index contributed by atoms with van der Waals surface area (Å²) in [6, 6.07) is 18.7. The normalized spacial score (nSPS) is 10.3. The van der Waals surface area contributed by atoms with E-state index in [2.05, 4.69) is 15.3 Å². The van der Waals surface area contributed by atoms with Crippen LogP contribution in [0.1, 0.15) is 24.3 Å². The quantitative estimate of drug-likeness (QED) is 0.670. The molecule has 0 saturated heterocycles. The summed E-state index contributed by atoms with van der Waals surface area (Å²) in [7, 11) is 0. The average molecular weight is 362 g/mol. The zero-order valence-corrected chi connectivity index (χ0v) is 15.4. The van der Waals surface area contributed by atoms with E-state index in [0.29, 0.717) is 24.7 Å². The van der Waals surface area contributed by atoms with Crippen LogP contribution in [0.15, 0.2) is 66.9 Å². The zero-order chi connectivity index (χ0) is 19.1. The summed E-state index contributed by atoms with van der Waals surface area (Å²) >= 11 is 0. The lowest BCUT2D eigenvalue weighted by Crippen LogP contribution is -2.31. The summed E-state index contributed by atoms with van der Waals surface area (Å²) in [4.78, 5) is 22.7. The van der Waals surface area contributed by atoms with Gasteiger partial charge in [-0.05, 0) is 56.3 Å². The molecule has 1 aromatic heterocycles. The van der Waals surface area contributed by atoms with Gasteiger partial charge in [-0.15, -0.1) is 0 Å². The van der Waals surface area contributed by atoms with E-state index in [1.54, 1.807) is 17.2 Å². The predicted molar refractivity (Wildman–Crippen MR) is 106 cm³/mol. The average Bonchev–Trinajstić information content (AvgIpc) is 2.71. The molecule has 0 aliphatic heterocycles. The minimum absolute atomic E-state index is 0.0999. The summed E-state index contributed by atoms with van der Waals surface area (Å²) in [5, 5.41) is 3.12. The molecule has 27 heavy (non-hydrogen) atoms. The Morgan fingerprint density at radius 2 is 1.63 bits per heavy atom. The van der Waals surface area contributed by atoms with E-state index in [0.717, 1.165) is 17.2 Å². The minimum Gasteiger partial charge on any atom is -0.457 e. The fourth-order valence-corrected chi connectivity index (χ4v) is 2.57. The Bertz CT molecular complexity index is 878. The molecule has 1 amide bonds. The topological polar surface area (TPSA) is 67.4 Å². The van der Waals surface area contributed by atoms with Crippen LogP contribution < -0.4 is 10.1 Å². The summed E-state index contributed by atoms with van der Waals surface area (Å²) in [5.74, 6) is 1.80. The third kappa shape index (κ3) is 4.82. The molecule has 0 atom stereocenters. The summed E-state index contributed by atoms with van der Waals surface area (Å²) in [6.45, 7) is 5.18. The highest BCUT2D eigenvalue weighted by molar-refractivity contribution is 5.92. The molecule has 0 unspecified atom stereocenters. The number of para-hydroxylation sites is 1. The van der Waals surface area contributed by atoms with Crippen LogP contribution in [-0.2, 0) is 0 Å². The smallest absolute Gasteiger partial charge is 0.272 e. The van der Waals surface area contributed by atoms with Gasteiger partial charge in [0.25, 0.3) is 5.91 Å². The van der Waals surface area contributed by atoms with Gasteiger partial charge in [0.05, 0.1) is 0 Å². The van der Waals surface area contributed by atoms with E-state index in [1.165, 1.54) is 0 Å². The maximum absolute atomic E-state index is 12.4. The second kappa shape index (κ2) is 8.80. The Kier molecular flexibility index (Phi) is 5.99. The molecule has 0 bridgehead atoms. The first-order chi connectivity index (χ1) is 13.2. The lowest BCUT2D eigenvalue weighted by molar-refractivity contribution is 0.0767. The molecular weight excluding hydrogens is 340 g/mol. The summed E-state index contributed by atoms with van der Waals surface area (Å²) in [6.07, 6.45) is 1.58. The Hall–Kier alpha value is -3.41. The van der Waals surface area contributed by atoms with Crippen molar-refractivity contribution in [3.05, 3.63) is 72.6 Å². The van der Waals surface area contributed by atoms with Crippen molar-refractivity contribution in [3.8, 4) is 11.5 Å². The molecular formula is C21H22N4O2. The first kappa shape index (κ1) is 18.4. The van der Waals surface area contributed by atoms with Crippen molar-refractivity contribution in [1.82, 2.24) is 14.9 Å². The van der Waals surface area contributed by atoms with E-state index in [-0.39, 0.29) is 5.91 Å². The molecule has 0 spiro atoms. The van der Waals surface area contributed by atoms with Gasteiger partial charge in [-0.1, -0.05) is 18.2 Å². The van der Waals surface area contributed by atoms with Crippen molar-refractivity contribution in [2.45, 2.75) is 13.8 Å².